The SMILES string of the molecule is COc1ccc(S(=O)(=O)N2CCC[C@@H](C(=O)Nc3cc(F)ccc3F)C2)cc1Cl. The van der Waals surface area contributed by atoms with Crippen LogP contribution in [0.1, 0.15) is 12.8 Å². The van der Waals surface area contributed by atoms with Gasteiger partial charge in [0.1, 0.15) is 17.4 Å². The standard InChI is InChI=1S/C19H19ClF2N2O4S/c1-28-18-7-5-14(10-15(18)20)29(26,27)24-8-2-3-12(11-24)19(25)23-17-9-13(21)4-6-16(17)22/h4-7,9-10,12H,2-3,8,11H2,1H3,(H,23,25)/t12-/m1/s1. The van der Waals surface area contributed by atoms with Gasteiger partial charge in [0.25, 0.3) is 0 Å². The lowest BCUT2D eigenvalue weighted by atomic mass is 9.98. The molecule has 0 saturated carbocycles. The van der Waals surface area contributed by atoms with E-state index >= 15 is 0 Å². The van der Waals surface area contributed by atoms with Crippen LogP contribution in [0, 0.1) is 17.6 Å². The molecule has 10 heteroatoms. The van der Waals surface area contributed by atoms with Crippen LogP contribution in [0.5, 0.6) is 5.75 Å². The number of methoxy groups -OCH3 is 1. The van der Waals surface area contributed by atoms with Gasteiger partial charge in [-0.15, -0.1) is 0 Å². The van der Waals surface area contributed by atoms with E-state index in [9.17, 15) is 22.0 Å². The minimum absolute atomic E-state index is 0.0134. The Kier molecular flexibility index (Phi) is 6.40. The van der Waals surface area contributed by atoms with E-state index in [0.29, 0.717) is 18.6 Å². The number of piperidine rings is 1. The molecule has 156 valence electrons. The first-order chi connectivity index (χ1) is 13.7. The first kappa shape index (κ1) is 21.5. The van der Waals surface area contributed by atoms with Crippen molar-refractivity contribution in [3.05, 3.63) is 53.1 Å². The summed E-state index contributed by atoms with van der Waals surface area (Å²) in [6.45, 7) is 0.166. The number of carbonyl (C=O) groups excluding carboxylic acids is 1. The van der Waals surface area contributed by atoms with Crippen molar-refractivity contribution >= 4 is 33.2 Å². The minimum Gasteiger partial charge on any atom is -0.495 e. The second-order valence-corrected chi connectivity index (χ2v) is 8.96. The minimum atomic E-state index is -3.88. The smallest absolute Gasteiger partial charge is 0.243 e. The molecule has 2 aromatic rings. The topological polar surface area (TPSA) is 75.7 Å². The lowest BCUT2D eigenvalue weighted by Gasteiger charge is -2.31. The summed E-state index contributed by atoms with van der Waals surface area (Å²) >= 11 is 6.03. The van der Waals surface area contributed by atoms with Gasteiger partial charge in [-0.25, -0.2) is 17.2 Å². The lowest BCUT2D eigenvalue weighted by Crippen LogP contribution is -2.43. The van der Waals surface area contributed by atoms with Gasteiger partial charge in [0.05, 0.1) is 28.6 Å². The summed E-state index contributed by atoms with van der Waals surface area (Å²) in [5.41, 5.74) is -0.281. The van der Waals surface area contributed by atoms with E-state index in [1.54, 1.807) is 0 Å². The zero-order valence-corrected chi connectivity index (χ0v) is 17.1. The Morgan fingerprint density at radius 2 is 2.00 bits per heavy atom. The Hall–Kier alpha value is -2.23. The monoisotopic (exact) mass is 444 g/mol. The Morgan fingerprint density at radius 3 is 2.69 bits per heavy atom. The second-order valence-electron chi connectivity index (χ2n) is 6.61. The number of nitrogens with zero attached hydrogens (tertiary/aromatic N) is 1. The highest BCUT2D eigenvalue weighted by molar-refractivity contribution is 7.89. The maximum atomic E-state index is 13.8. The lowest BCUT2D eigenvalue weighted by molar-refractivity contribution is -0.120. The second kappa shape index (κ2) is 8.64. The first-order valence-corrected chi connectivity index (χ1v) is 10.6. The first-order valence-electron chi connectivity index (χ1n) is 8.82. The number of nitrogens with one attached hydrogen (secondary N) is 1. The molecular weight excluding hydrogens is 426 g/mol. The number of amides is 1. The zero-order valence-electron chi connectivity index (χ0n) is 15.5. The largest absolute Gasteiger partial charge is 0.495 e. The van der Waals surface area contributed by atoms with Gasteiger partial charge in [-0.05, 0) is 43.2 Å². The highest BCUT2D eigenvalue weighted by Crippen LogP contribution is 2.30. The van der Waals surface area contributed by atoms with Gasteiger partial charge in [-0.2, -0.15) is 4.31 Å². The summed E-state index contributed by atoms with van der Waals surface area (Å²) in [6, 6.07) is 6.86. The number of hydrogen-bond donors (Lipinski definition) is 1. The van der Waals surface area contributed by atoms with E-state index in [0.717, 1.165) is 18.2 Å². The molecule has 6 nitrogen and oxygen atoms in total. The van der Waals surface area contributed by atoms with Crippen molar-refractivity contribution in [2.75, 3.05) is 25.5 Å². The molecule has 0 bridgehead atoms. The summed E-state index contributed by atoms with van der Waals surface area (Å²) in [5, 5.41) is 2.50. The van der Waals surface area contributed by atoms with Gasteiger partial charge in [-0.3, -0.25) is 4.79 Å². The molecule has 0 unspecified atom stereocenters. The molecule has 29 heavy (non-hydrogen) atoms. The van der Waals surface area contributed by atoms with Crippen LogP contribution in [0.4, 0.5) is 14.5 Å². The molecule has 1 fully saturated rings. The molecule has 0 radical (unpaired) electrons. The Morgan fingerprint density at radius 1 is 1.24 bits per heavy atom. The summed E-state index contributed by atoms with van der Waals surface area (Å²) in [4.78, 5) is 12.5. The molecule has 1 saturated heterocycles. The van der Waals surface area contributed by atoms with E-state index < -0.39 is 33.5 Å². The molecule has 2 aromatic carbocycles. The Bertz CT molecular complexity index is 1030. The number of anilines is 1. The van der Waals surface area contributed by atoms with E-state index in [4.69, 9.17) is 16.3 Å². The summed E-state index contributed by atoms with van der Waals surface area (Å²) in [7, 11) is -2.46. The van der Waals surface area contributed by atoms with E-state index in [-0.39, 0.29) is 28.7 Å². The highest BCUT2D eigenvalue weighted by Gasteiger charge is 2.34. The fourth-order valence-corrected chi connectivity index (χ4v) is 5.03. The van der Waals surface area contributed by atoms with Crippen LogP contribution in [0.25, 0.3) is 0 Å². The van der Waals surface area contributed by atoms with Gasteiger partial charge in [-0.1, -0.05) is 11.6 Å². The van der Waals surface area contributed by atoms with Crippen molar-refractivity contribution in [1.29, 1.82) is 0 Å². The predicted octanol–water partition coefficient (Wildman–Crippen LogP) is 3.67. The van der Waals surface area contributed by atoms with Crippen molar-refractivity contribution in [2.45, 2.75) is 17.7 Å². The fraction of sp³-hybridized carbons (Fsp3) is 0.316. The molecule has 0 spiro atoms. The number of rotatable bonds is 5. The number of halogens is 3. The average Bonchev–Trinajstić information content (AvgIpc) is 2.70. The molecule has 0 aromatic heterocycles. The summed E-state index contributed by atoms with van der Waals surface area (Å²) < 4.78 is 59.2. The van der Waals surface area contributed by atoms with Crippen molar-refractivity contribution in [1.82, 2.24) is 4.31 Å². The fourth-order valence-electron chi connectivity index (χ4n) is 3.16. The molecule has 1 aliphatic rings. The van der Waals surface area contributed by atoms with Crippen LogP contribution < -0.4 is 10.1 Å². The predicted molar refractivity (Wildman–Crippen MR) is 104 cm³/mol. The van der Waals surface area contributed by atoms with Crippen LogP contribution in [0.3, 0.4) is 0 Å². The third-order valence-electron chi connectivity index (χ3n) is 4.70. The van der Waals surface area contributed by atoms with Gasteiger partial charge in [0.15, 0.2) is 0 Å². The average molecular weight is 445 g/mol. The van der Waals surface area contributed by atoms with Crippen molar-refractivity contribution in [2.24, 2.45) is 5.92 Å². The summed E-state index contributed by atoms with van der Waals surface area (Å²) in [6.07, 6.45) is 0.880. The molecule has 3 rings (SSSR count). The Labute approximate surface area is 172 Å². The maximum absolute atomic E-state index is 13.8. The van der Waals surface area contributed by atoms with Gasteiger partial charge < -0.3 is 10.1 Å². The van der Waals surface area contributed by atoms with E-state index in [1.807, 2.05) is 0 Å². The molecule has 1 N–H and O–H groups in total. The van der Waals surface area contributed by atoms with E-state index in [1.165, 1.54) is 29.6 Å². The highest BCUT2D eigenvalue weighted by atomic mass is 35.5. The summed E-state index contributed by atoms with van der Waals surface area (Å²) in [5.74, 6) is -2.38. The van der Waals surface area contributed by atoms with Crippen LogP contribution in [-0.4, -0.2) is 38.8 Å². The Balaban J connectivity index is 1.76. The molecule has 0 aliphatic carbocycles. The van der Waals surface area contributed by atoms with Crippen molar-refractivity contribution in [3.8, 4) is 5.75 Å². The van der Waals surface area contributed by atoms with Gasteiger partial charge >= 0.3 is 0 Å². The maximum Gasteiger partial charge on any atom is 0.243 e. The third-order valence-corrected chi connectivity index (χ3v) is 6.86. The van der Waals surface area contributed by atoms with Crippen LogP contribution in [0.2, 0.25) is 5.02 Å². The van der Waals surface area contributed by atoms with Crippen LogP contribution in [-0.2, 0) is 14.8 Å². The van der Waals surface area contributed by atoms with Crippen molar-refractivity contribution < 1.29 is 26.7 Å². The molecular formula is C19H19ClF2N2O4S. The number of carbonyl (C=O) groups is 1. The molecule has 1 heterocycles. The third kappa shape index (κ3) is 4.68. The molecule has 1 amide bonds. The quantitative estimate of drug-likeness (QED) is 0.763. The van der Waals surface area contributed by atoms with Gasteiger partial charge in [0.2, 0.25) is 15.9 Å². The number of benzene rings is 2. The number of hydrogen-bond acceptors (Lipinski definition) is 4. The van der Waals surface area contributed by atoms with Crippen LogP contribution >= 0.6 is 11.6 Å². The van der Waals surface area contributed by atoms with Crippen molar-refractivity contribution in [3.63, 3.8) is 0 Å². The number of ether oxygens (including phenoxy) is 1. The molecule has 1 aliphatic heterocycles. The molecule has 1 atom stereocenters. The van der Waals surface area contributed by atoms with Gasteiger partial charge in [0, 0.05) is 19.2 Å². The normalized spacial score (nSPS) is 17.7. The zero-order chi connectivity index (χ0) is 21.2. The van der Waals surface area contributed by atoms with E-state index in [2.05, 4.69) is 5.32 Å². The number of sulfonamides is 1. The van der Waals surface area contributed by atoms with Crippen LogP contribution in [0.15, 0.2) is 41.3 Å².